The molecule has 0 aliphatic carbocycles. The molecule has 0 bridgehead atoms. The van der Waals surface area contributed by atoms with Crippen LogP contribution in [0.1, 0.15) is 26.3 Å². The maximum atomic E-state index is 5.03. The molecular formula is C43H39IrN3SSi-2. The summed E-state index contributed by atoms with van der Waals surface area (Å²) in [6.07, 6.45) is 2.02. The van der Waals surface area contributed by atoms with Crippen molar-refractivity contribution in [2.75, 3.05) is 0 Å². The molecule has 0 spiro atoms. The van der Waals surface area contributed by atoms with Crippen LogP contribution < -0.4 is 5.19 Å². The molecule has 1 radical (unpaired) electrons. The minimum absolute atomic E-state index is 0. The summed E-state index contributed by atoms with van der Waals surface area (Å²) in [4.78, 5) is 9.55. The van der Waals surface area contributed by atoms with E-state index < -0.39 is 8.07 Å². The molecule has 0 N–H and O–H groups in total. The Morgan fingerprint density at radius 1 is 0.714 bits per heavy atom. The Bertz CT molecular complexity index is 2340. The van der Waals surface area contributed by atoms with Crippen molar-refractivity contribution in [2.45, 2.75) is 45.8 Å². The van der Waals surface area contributed by atoms with Gasteiger partial charge in [-0.05, 0) is 62.3 Å². The predicted octanol–water partition coefficient (Wildman–Crippen LogP) is 11.2. The number of hydrogen-bond acceptors (Lipinski definition) is 3. The van der Waals surface area contributed by atoms with Gasteiger partial charge in [0, 0.05) is 36.7 Å². The fourth-order valence-corrected chi connectivity index (χ4v) is 8.08. The van der Waals surface area contributed by atoms with E-state index in [9.17, 15) is 0 Å². The fourth-order valence-electron chi connectivity index (χ4n) is 5.92. The predicted molar refractivity (Wildman–Crippen MR) is 208 cm³/mol. The molecular weight excluding hydrogens is 811 g/mol. The van der Waals surface area contributed by atoms with Gasteiger partial charge in [0.1, 0.15) is 0 Å². The fraction of sp³-hybridized carbons (Fsp3) is 0.163. The van der Waals surface area contributed by atoms with Gasteiger partial charge in [-0.3, -0.25) is 4.98 Å². The number of fused-ring (bicyclic) bond motifs is 4. The van der Waals surface area contributed by atoms with Crippen molar-refractivity contribution in [1.29, 1.82) is 0 Å². The summed E-state index contributed by atoms with van der Waals surface area (Å²) in [5.74, 6) is 0.925. The zero-order valence-electron chi connectivity index (χ0n) is 28.7. The minimum Gasteiger partial charge on any atom is -0.333 e. The maximum Gasteiger partial charge on any atom is 0.0795 e. The van der Waals surface area contributed by atoms with E-state index in [4.69, 9.17) is 4.98 Å². The van der Waals surface area contributed by atoms with Gasteiger partial charge >= 0.3 is 0 Å². The van der Waals surface area contributed by atoms with Crippen molar-refractivity contribution in [2.24, 2.45) is 0 Å². The molecule has 3 heterocycles. The summed E-state index contributed by atoms with van der Waals surface area (Å²) in [5, 5.41) is 3.94. The second kappa shape index (κ2) is 14.0. The molecule has 3 aromatic heterocycles. The van der Waals surface area contributed by atoms with Crippen molar-refractivity contribution >= 4 is 55.8 Å². The van der Waals surface area contributed by atoms with E-state index in [1.165, 1.54) is 30.9 Å². The van der Waals surface area contributed by atoms with Crippen LogP contribution >= 0.6 is 11.3 Å². The van der Waals surface area contributed by atoms with E-state index >= 15 is 0 Å². The molecule has 8 rings (SSSR count). The molecule has 0 saturated carbocycles. The molecule has 0 aliphatic heterocycles. The Hall–Kier alpha value is -4.19. The Kier molecular flexibility index (Phi) is 9.88. The Balaban J connectivity index is 0.000000208. The van der Waals surface area contributed by atoms with Crippen molar-refractivity contribution in [3.05, 3.63) is 145 Å². The number of pyridine rings is 1. The van der Waals surface area contributed by atoms with Crippen LogP contribution in [-0.2, 0) is 25.5 Å². The second-order valence-electron chi connectivity index (χ2n) is 14.2. The first-order valence-electron chi connectivity index (χ1n) is 16.4. The van der Waals surface area contributed by atoms with Gasteiger partial charge in [0.2, 0.25) is 0 Å². The molecule has 0 aliphatic rings. The van der Waals surface area contributed by atoms with E-state index in [2.05, 4.69) is 153 Å². The quantitative estimate of drug-likeness (QED) is 0.130. The molecule has 6 heteroatoms. The normalized spacial score (nSPS) is 11.7. The Labute approximate surface area is 308 Å². The van der Waals surface area contributed by atoms with Crippen LogP contribution in [0.4, 0.5) is 0 Å². The van der Waals surface area contributed by atoms with Gasteiger partial charge in [0.05, 0.1) is 24.9 Å². The van der Waals surface area contributed by atoms with Gasteiger partial charge < -0.3 is 9.55 Å². The van der Waals surface area contributed by atoms with Crippen LogP contribution in [0.5, 0.6) is 0 Å². The minimum atomic E-state index is -1.23. The molecule has 247 valence electrons. The number of rotatable bonds is 4. The molecule has 0 atom stereocenters. The Morgan fingerprint density at radius 2 is 1.45 bits per heavy atom. The monoisotopic (exact) mass is 850 g/mol. The van der Waals surface area contributed by atoms with Gasteiger partial charge in [0.15, 0.2) is 0 Å². The molecule has 0 amide bonds. The number of benzene rings is 5. The van der Waals surface area contributed by atoms with Crippen molar-refractivity contribution in [1.82, 2.24) is 14.5 Å². The summed E-state index contributed by atoms with van der Waals surface area (Å²) in [7, 11) is -1.23. The van der Waals surface area contributed by atoms with E-state index in [1.807, 2.05) is 47.9 Å². The van der Waals surface area contributed by atoms with Gasteiger partial charge in [-0.25, -0.2) is 0 Å². The molecule has 0 unspecified atom stereocenters. The first-order chi connectivity index (χ1) is 23.1. The second-order valence-corrected chi connectivity index (χ2v) is 20.4. The van der Waals surface area contributed by atoms with Crippen LogP contribution in [0, 0.1) is 12.1 Å². The summed E-state index contributed by atoms with van der Waals surface area (Å²) in [6, 6.07) is 49.1. The largest absolute Gasteiger partial charge is 0.333 e. The average Bonchev–Trinajstić information content (AvgIpc) is 3.67. The number of aromatic nitrogens is 3. The van der Waals surface area contributed by atoms with Crippen molar-refractivity contribution < 1.29 is 20.1 Å². The van der Waals surface area contributed by atoms with Crippen molar-refractivity contribution in [3.8, 4) is 28.3 Å². The molecule has 8 aromatic rings. The SMILES string of the molecule is CC(C)(C)c1ccc(-n2c(-c3[c-]cc4c(c3)sc3ccccc34)nc3ccccc32)cc1.C[Si](C)(C)c1ccc(-c2[c-]cccc2)nc1.[Ir]. The third kappa shape index (κ3) is 7.24. The summed E-state index contributed by atoms with van der Waals surface area (Å²) >= 11 is 1.83. The van der Waals surface area contributed by atoms with Crippen LogP contribution in [0.2, 0.25) is 19.6 Å². The first-order valence-corrected chi connectivity index (χ1v) is 20.7. The van der Waals surface area contributed by atoms with Crippen LogP contribution in [0.25, 0.3) is 59.5 Å². The van der Waals surface area contributed by atoms with Crippen LogP contribution in [0.3, 0.4) is 0 Å². The molecule has 0 saturated heterocycles. The topological polar surface area (TPSA) is 30.7 Å². The zero-order chi connectivity index (χ0) is 33.5. The zero-order valence-corrected chi connectivity index (χ0v) is 32.9. The van der Waals surface area contributed by atoms with E-state index in [0.717, 1.165) is 39.4 Å². The van der Waals surface area contributed by atoms with Gasteiger partial charge in [-0.2, -0.15) is 11.3 Å². The van der Waals surface area contributed by atoms with Gasteiger partial charge in [0.25, 0.3) is 0 Å². The first kappa shape index (κ1) is 34.7. The molecule has 0 fully saturated rings. The number of hydrogen-bond donors (Lipinski definition) is 0. The van der Waals surface area contributed by atoms with Gasteiger partial charge in [-0.1, -0.05) is 100 Å². The molecule has 5 aromatic carbocycles. The number of para-hydroxylation sites is 2. The van der Waals surface area contributed by atoms with E-state index in [-0.39, 0.29) is 25.5 Å². The summed E-state index contributed by atoms with van der Waals surface area (Å²) in [5.41, 5.74) is 7.74. The van der Waals surface area contributed by atoms with Gasteiger partial charge in [-0.15, -0.1) is 59.7 Å². The molecule has 49 heavy (non-hydrogen) atoms. The average molecular weight is 850 g/mol. The smallest absolute Gasteiger partial charge is 0.0795 e. The van der Waals surface area contributed by atoms with Crippen LogP contribution in [-0.4, -0.2) is 22.6 Å². The third-order valence-corrected chi connectivity index (χ3v) is 11.9. The standard InChI is InChI=1S/C29H23N2S.C14H16NSi.Ir/c1-29(2,3)20-13-15-21(16-14-20)31-25-10-6-5-9-24(25)30-28(31)19-12-17-23-22-8-4-7-11-26(22)32-27(23)18-19;1-16(2,3)13-9-10-14(15-11-13)12-7-5-4-6-8-12;/h4-11,13-18H,1-3H3;4-7,9-11H,1-3H3;/q2*-1;. The van der Waals surface area contributed by atoms with Crippen LogP contribution in [0.15, 0.2) is 128 Å². The van der Waals surface area contributed by atoms with E-state index in [1.54, 1.807) is 0 Å². The summed E-state index contributed by atoms with van der Waals surface area (Å²) < 4.78 is 4.83. The number of thiophene rings is 1. The van der Waals surface area contributed by atoms with E-state index in [0.29, 0.717) is 0 Å². The number of nitrogens with zero attached hydrogens (tertiary/aromatic N) is 3. The maximum absolute atomic E-state index is 5.03. The number of imidazole rings is 1. The Morgan fingerprint density at radius 3 is 2.14 bits per heavy atom. The third-order valence-electron chi connectivity index (χ3n) is 8.72. The summed E-state index contributed by atoms with van der Waals surface area (Å²) in [6.45, 7) is 13.7. The molecule has 3 nitrogen and oxygen atoms in total. The van der Waals surface area contributed by atoms with Crippen molar-refractivity contribution in [3.63, 3.8) is 0 Å².